The van der Waals surface area contributed by atoms with Crippen molar-refractivity contribution < 1.29 is 4.74 Å². The van der Waals surface area contributed by atoms with E-state index in [2.05, 4.69) is 27.4 Å². The molecule has 3 rings (SSSR count). The molecule has 0 saturated heterocycles. The molecule has 1 aliphatic rings. The Labute approximate surface area is 157 Å². The molecular formula is C19H26N2O2S2. The largest absolute Gasteiger partial charge is 0.370 e. The number of aromatic nitrogens is 2. The van der Waals surface area contributed by atoms with E-state index in [1.807, 2.05) is 6.92 Å². The fourth-order valence-electron chi connectivity index (χ4n) is 3.03. The molecule has 6 heteroatoms. The molecule has 0 radical (unpaired) electrons. The first-order chi connectivity index (χ1) is 11.8. The van der Waals surface area contributed by atoms with E-state index >= 15 is 0 Å². The minimum atomic E-state index is -0.235. The maximum absolute atomic E-state index is 13.3. The van der Waals surface area contributed by atoms with Crippen LogP contribution in [0.15, 0.2) is 22.1 Å². The number of unbranched alkanes of at least 4 members (excludes halogenated alkanes) is 1. The number of rotatable bonds is 6. The van der Waals surface area contributed by atoms with E-state index in [0.717, 1.165) is 56.4 Å². The Morgan fingerprint density at radius 2 is 2.24 bits per heavy atom. The summed E-state index contributed by atoms with van der Waals surface area (Å²) in [4.78, 5) is 20.2. The molecule has 1 aliphatic heterocycles. The van der Waals surface area contributed by atoms with Crippen LogP contribution < -0.4 is 5.56 Å². The summed E-state index contributed by atoms with van der Waals surface area (Å²) in [6, 6.07) is 0. The number of hydrogen-bond donors (Lipinski definition) is 0. The first-order valence-electron chi connectivity index (χ1n) is 8.78. The maximum atomic E-state index is 13.3. The first-order valence-corrected chi connectivity index (χ1v) is 10.6. The summed E-state index contributed by atoms with van der Waals surface area (Å²) >= 11 is 3.28. The van der Waals surface area contributed by atoms with Crippen molar-refractivity contribution in [3.05, 3.63) is 32.9 Å². The van der Waals surface area contributed by atoms with Gasteiger partial charge in [0.25, 0.3) is 5.56 Å². The van der Waals surface area contributed by atoms with Crippen LogP contribution in [0.5, 0.6) is 0 Å². The molecule has 0 N–H and O–H groups in total. The van der Waals surface area contributed by atoms with Crippen LogP contribution in [-0.4, -0.2) is 20.9 Å². The van der Waals surface area contributed by atoms with E-state index in [4.69, 9.17) is 9.72 Å². The first kappa shape index (κ1) is 18.7. The summed E-state index contributed by atoms with van der Waals surface area (Å²) < 4.78 is 7.73. The van der Waals surface area contributed by atoms with Gasteiger partial charge in [-0.1, -0.05) is 37.3 Å². The second-order valence-electron chi connectivity index (χ2n) is 7.35. The van der Waals surface area contributed by atoms with Crippen LogP contribution >= 0.6 is 23.1 Å². The standard InChI is InChI=1S/C19H26N2O2S2/c1-6-7-8-24-18-20-16-15(17(22)21(18)10-12(2)3)13-9-19(4,5)23-11-14(13)25-16/h2,6-11H2,1,3-5H3. The molecule has 0 unspecified atom stereocenters. The van der Waals surface area contributed by atoms with Gasteiger partial charge in [-0.3, -0.25) is 9.36 Å². The Bertz CT molecular complexity index is 864. The predicted molar refractivity (Wildman–Crippen MR) is 107 cm³/mol. The highest BCUT2D eigenvalue weighted by molar-refractivity contribution is 7.99. The maximum Gasteiger partial charge on any atom is 0.263 e. The van der Waals surface area contributed by atoms with Gasteiger partial charge in [-0.05, 0) is 32.8 Å². The summed E-state index contributed by atoms with van der Waals surface area (Å²) in [6.45, 7) is 13.4. The van der Waals surface area contributed by atoms with Crippen molar-refractivity contribution >= 4 is 33.3 Å². The summed E-state index contributed by atoms with van der Waals surface area (Å²) in [7, 11) is 0. The monoisotopic (exact) mass is 378 g/mol. The van der Waals surface area contributed by atoms with Gasteiger partial charge in [-0.15, -0.1) is 11.3 Å². The highest BCUT2D eigenvalue weighted by Crippen LogP contribution is 2.37. The van der Waals surface area contributed by atoms with Crippen molar-refractivity contribution in [3.63, 3.8) is 0 Å². The average molecular weight is 379 g/mol. The van der Waals surface area contributed by atoms with Crippen molar-refractivity contribution in [3.8, 4) is 0 Å². The van der Waals surface area contributed by atoms with Crippen LogP contribution in [0, 0.1) is 0 Å². The van der Waals surface area contributed by atoms with Crippen LogP contribution in [0.1, 0.15) is 51.0 Å². The van der Waals surface area contributed by atoms with Crippen molar-refractivity contribution in [2.45, 2.75) is 70.9 Å². The van der Waals surface area contributed by atoms with E-state index in [9.17, 15) is 4.79 Å². The lowest BCUT2D eigenvalue weighted by Crippen LogP contribution is -2.32. The summed E-state index contributed by atoms with van der Waals surface area (Å²) in [6.07, 6.45) is 3.02. The SMILES string of the molecule is C=C(C)Cn1c(SCCCC)nc2sc3c(c2c1=O)CC(C)(C)OC3. The van der Waals surface area contributed by atoms with E-state index in [1.54, 1.807) is 27.7 Å². The Hall–Kier alpha value is -1.11. The average Bonchev–Trinajstić information content (AvgIpc) is 2.87. The number of fused-ring (bicyclic) bond motifs is 3. The zero-order chi connectivity index (χ0) is 18.2. The third-order valence-electron chi connectivity index (χ3n) is 4.31. The van der Waals surface area contributed by atoms with Gasteiger partial charge < -0.3 is 4.74 Å². The van der Waals surface area contributed by atoms with Gasteiger partial charge in [0.05, 0.1) is 17.6 Å². The van der Waals surface area contributed by atoms with Crippen LogP contribution in [0.4, 0.5) is 0 Å². The second kappa shape index (κ2) is 7.25. The van der Waals surface area contributed by atoms with Crippen molar-refractivity contribution in [2.24, 2.45) is 0 Å². The summed E-state index contributed by atoms with van der Waals surface area (Å²) in [5.74, 6) is 0.978. The highest BCUT2D eigenvalue weighted by Gasteiger charge is 2.31. The summed E-state index contributed by atoms with van der Waals surface area (Å²) in [5.41, 5.74) is 1.94. The van der Waals surface area contributed by atoms with E-state index in [1.165, 1.54) is 0 Å². The molecule has 25 heavy (non-hydrogen) atoms. The second-order valence-corrected chi connectivity index (χ2v) is 9.50. The molecule has 0 saturated carbocycles. The van der Waals surface area contributed by atoms with Gasteiger partial charge >= 0.3 is 0 Å². The normalized spacial score (nSPS) is 16.2. The topological polar surface area (TPSA) is 44.1 Å². The fourth-order valence-corrected chi connectivity index (χ4v) is 5.26. The molecule has 0 aliphatic carbocycles. The molecule has 0 atom stereocenters. The third-order valence-corrected chi connectivity index (χ3v) is 6.47. The van der Waals surface area contributed by atoms with Crippen LogP contribution in [0.25, 0.3) is 10.2 Å². The zero-order valence-electron chi connectivity index (χ0n) is 15.5. The quantitative estimate of drug-likeness (QED) is 0.314. The number of thioether (sulfide) groups is 1. The fraction of sp³-hybridized carbons (Fsp3) is 0.579. The Morgan fingerprint density at radius 1 is 1.48 bits per heavy atom. The van der Waals surface area contributed by atoms with Crippen LogP contribution in [-0.2, 0) is 24.3 Å². The van der Waals surface area contributed by atoms with Crippen molar-refractivity contribution in [2.75, 3.05) is 5.75 Å². The molecule has 0 fully saturated rings. The molecule has 0 amide bonds. The van der Waals surface area contributed by atoms with Gasteiger partial charge in [0.1, 0.15) is 4.83 Å². The van der Waals surface area contributed by atoms with E-state index < -0.39 is 0 Å². The number of nitrogens with zero attached hydrogens (tertiary/aromatic N) is 2. The molecule has 0 aromatic carbocycles. The van der Waals surface area contributed by atoms with Gasteiger partial charge in [-0.2, -0.15) is 0 Å². The number of hydrogen-bond acceptors (Lipinski definition) is 5. The lowest BCUT2D eigenvalue weighted by molar-refractivity contribution is -0.0379. The lowest BCUT2D eigenvalue weighted by atomic mass is 9.94. The van der Waals surface area contributed by atoms with Crippen molar-refractivity contribution in [1.82, 2.24) is 9.55 Å². The molecule has 136 valence electrons. The van der Waals surface area contributed by atoms with Crippen LogP contribution in [0.3, 0.4) is 0 Å². The zero-order valence-corrected chi connectivity index (χ0v) is 17.1. The lowest BCUT2D eigenvalue weighted by Gasteiger charge is -2.29. The molecule has 0 bridgehead atoms. The van der Waals surface area contributed by atoms with Gasteiger partial charge in [-0.25, -0.2) is 4.98 Å². The predicted octanol–water partition coefficient (Wildman–Crippen LogP) is 4.78. The third kappa shape index (κ3) is 3.86. The Morgan fingerprint density at radius 3 is 2.92 bits per heavy atom. The minimum absolute atomic E-state index is 0.0715. The Balaban J connectivity index is 2.14. The van der Waals surface area contributed by atoms with Gasteiger partial charge in [0.2, 0.25) is 0 Å². The Kier molecular flexibility index (Phi) is 5.42. The van der Waals surface area contributed by atoms with E-state index in [-0.39, 0.29) is 11.2 Å². The molecule has 0 spiro atoms. The minimum Gasteiger partial charge on any atom is -0.370 e. The van der Waals surface area contributed by atoms with Gasteiger partial charge in [0, 0.05) is 23.6 Å². The molecule has 2 aromatic rings. The van der Waals surface area contributed by atoms with Crippen molar-refractivity contribution in [1.29, 1.82) is 0 Å². The molecule has 2 aromatic heterocycles. The summed E-state index contributed by atoms with van der Waals surface area (Å²) in [5, 5.41) is 1.60. The highest BCUT2D eigenvalue weighted by atomic mass is 32.2. The smallest absolute Gasteiger partial charge is 0.263 e. The van der Waals surface area contributed by atoms with Crippen LogP contribution in [0.2, 0.25) is 0 Å². The van der Waals surface area contributed by atoms with E-state index in [0.29, 0.717) is 13.2 Å². The molecule has 3 heterocycles. The molecule has 4 nitrogen and oxygen atoms in total. The number of thiophene rings is 1. The number of allylic oxidation sites excluding steroid dienone is 1. The molecular weight excluding hydrogens is 352 g/mol. The number of ether oxygens (including phenoxy) is 1. The van der Waals surface area contributed by atoms with Gasteiger partial charge in [0.15, 0.2) is 5.16 Å².